The Labute approximate surface area is 128 Å². The largest absolute Gasteiger partial charge is 0.465 e. The van der Waals surface area contributed by atoms with Gasteiger partial charge in [-0.15, -0.1) is 0 Å². The number of esters is 1. The minimum atomic E-state index is -3.78. The summed E-state index contributed by atoms with van der Waals surface area (Å²) in [5.41, 5.74) is -0.577. The molecule has 0 heterocycles. The van der Waals surface area contributed by atoms with Gasteiger partial charge in [0.15, 0.2) is 0 Å². The van der Waals surface area contributed by atoms with E-state index in [1.165, 1.54) is 19.2 Å². The number of methoxy groups -OCH3 is 2. The summed E-state index contributed by atoms with van der Waals surface area (Å²) in [6.07, 6.45) is 1.45. The van der Waals surface area contributed by atoms with Crippen LogP contribution in [0.3, 0.4) is 0 Å². The molecule has 0 unspecified atom stereocenters. The van der Waals surface area contributed by atoms with Gasteiger partial charge in [0, 0.05) is 7.11 Å². The number of anilines is 1. The van der Waals surface area contributed by atoms with Crippen LogP contribution in [0.1, 0.15) is 23.2 Å². The zero-order valence-electron chi connectivity index (χ0n) is 12.3. The molecule has 22 heavy (non-hydrogen) atoms. The predicted octanol–water partition coefficient (Wildman–Crippen LogP) is 1.78. The zero-order valence-corrected chi connectivity index (χ0v) is 13.2. The van der Waals surface area contributed by atoms with Crippen molar-refractivity contribution >= 4 is 21.7 Å². The maximum Gasteiger partial charge on any atom is 0.343 e. The number of ether oxygens (including phenoxy) is 2. The highest BCUT2D eigenvalue weighted by molar-refractivity contribution is 7.92. The molecule has 0 spiro atoms. The van der Waals surface area contributed by atoms with E-state index in [0.29, 0.717) is 0 Å². The van der Waals surface area contributed by atoms with Crippen LogP contribution < -0.4 is 4.72 Å². The highest BCUT2D eigenvalue weighted by atomic mass is 32.2. The van der Waals surface area contributed by atoms with E-state index in [-0.39, 0.29) is 17.4 Å². The van der Waals surface area contributed by atoms with Gasteiger partial charge in [-0.25, -0.2) is 17.6 Å². The summed E-state index contributed by atoms with van der Waals surface area (Å²) in [4.78, 5) is 11.6. The van der Waals surface area contributed by atoms with Crippen molar-refractivity contribution in [1.29, 1.82) is 0 Å². The Morgan fingerprint density at radius 1 is 1.41 bits per heavy atom. The Kier molecular flexibility index (Phi) is 5.02. The van der Waals surface area contributed by atoms with Crippen LogP contribution in [0.15, 0.2) is 18.2 Å². The first kappa shape index (κ1) is 16.7. The van der Waals surface area contributed by atoms with E-state index < -0.39 is 33.5 Å². The number of sulfonamides is 1. The first-order valence-corrected chi connectivity index (χ1v) is 8.43. The minimum absolute atomic E-state index is 0.141. The molecule has 1 atom stereocenters. The second-order valence-electron chi connectivity index (χ2n) is 5.15. The predicted molar refractivity (Wildman–Crippen MR) is 78.7 cm³/mol. The van der Waals surface area contributed by atoms with Gasteiger partial charge in [0.05, 0.1) is 24.7 Å². The number of hydrogen-bond donors (Lipinski definition) is 1. The summed E-state index contributed by atoms with van der Waals surface area (Å²) in [6, 6.07) is 3.69. The standard InChI is InChI=1S/C14H18FNO5S/c1-20-12(9-6-7-9)8-22(18,19)16-11-5-3-4-10(15)13(11)14(17)21-2/h3-5,9,12,16H,6-8H2,1-2H3/t12-/m1/s1. The summed E-state index contributed by atoms with van der Waals surface area (Å²) < 4.78 is 50.1. The van der Waals surface area contributed by atoms with Gasteiger partial charge in [-0.05, 0) is 30.9 Å². The third kappa shape index (κ3) is 3.95. The monoisotopic (exact) mass is 331 g/mol. The molecule has 0 saturated heterocycles. The first-order valence-electron chi connectivity index (χ1n) is 6.78. The molecule has 1 fully saturated rings. The van der Waals surface area contributed by atoms with Crippen molar-refractivity contribution in [3.05, 3.63) is 29.6 Å². The molecule has 6 nitrogen and oxygen atoms in total. The van der Waals surface area contributed by atoms with Crippen LogP contribution in [-0.2, 0) is 19.5 Å². The van der Waals surface area contributed by atoms with Gasteiger partial charge in [0.2, 0.25) is 10.0 Å². The van der Waals surface area contributed by atoms with Crippen molar-refractivity contribution in [3.8, 4) is 0 Å². The Bertz CT molecular complexity index is 657. The van der Waals surface area contributed by atoms with E-state index >= 15 is 0 Å². The molecule has 122 valence electrons. The van der Waals surface area contributed by atoms with Crippen molar-refractivity contribution in [2.24, 2.45) is 5.92 Å². The van der Waals surface area contributed by atoms with Crippen molar-refractivity contribution in [2.45, 2.75) is 18.9 Å². The molecule has 0 bridgehead atoms. The van der Waals surface area contributed by atoms with Gasteiger partial charge >= 0.3 is 5.97 Å². The van der Waals surface area contributed by atoms with E-state index in [4.69, 9.17) is 4.74 Å². The number of carbonyl (C=O) groups is 1. The summed E-state index contributed by atoms with van der Waals surface area (Å²) in [7, 11) is -1.22. The van der Waals surface area contributed by atoms with Crippen molar-refractivity contribution in [2.75, 3.05) is 24.7 Å². The molecule has 0 aromatic heterocycles. The fraction of sp³-hybridized carbons (Fsp3) is 0.500. The lowest BCUT2D eigenvalue weighted by molar-refractivity contribution is 0.0597. The third-order valence-electron chi connectivity index (χ3n) is 3.50. The molecule has 0 aliphatic heterocycles. The Hall–Kier alpha value is -1.67. The number of carbonyl (C=O) groups excluding carboxylic acids is 1. The molecule has 1 aliphatic rings. The molecular weight excluding hydrogens is 313 g/mol. The van der Waals surface area contributed by atoms with E-state index in [0.717, 1.165) is 26.0 Å². The molecular formula is C14H18FNO5S. The fourth-order valence-corrected chi connectivity index (χ4v) is 3.64. The van der Waals surface area contributed by atoms with Crippen LogP contribution in [0.5, 0.6) is 0 Å². The maximum absolute atomic E-state index is 13.8. The topological polar surface area (TPSA) is 81.7 Å². The van der Waals surface area contributed by atoms with Crippen LogP contribution >= 0.6 is 0 Å². The molecule has 1 saturated carbocycles. The molecule has 0 amide bonds. The first-order chi connectivity index (χ1) is 10.4. The van der Waals surface area contributed by atoms with Gasteiger partial charge < -0.3 is 9.47 Å². The smallest absolute Gasteiger partial charge is 0.343 e. The second kappa shape index (κ2) is 6.62. The van der Waals surface area contributed by atoms with Crippen molar-refractivity contribution in [3.63, 3.8) is 0 Å². The van der Waals surface area contributed by atoms with Crippen molar-refractivity contribution < 1.29 is 27.1 Å². The Balaban J connectivity index is 2.22. The van der Waals surface area contributed by atoms with Crippen molar-refractivity contribution in [1.82, 2.24) is 0 Å². The average molecular weight is 331 g/mol. The van der Waals surface area contributed by atoms with Gasteiger partial charge in [-0.2, -0.15) is 0 Å². The zero-order chi connectivity index (χ0) is 16.3. The highest BCUT2D eigenvalue weighted by Gasteiger charge is 2.35. The lowest BCUT2D eigenvalue weighted by Crippen LogP contribution is -2.29. The molecule has 1 aliphatic carbocycles. The molecule has 0 radical (unpaired) electrons. The van der Waals surface area contributed by atoms with Crippen LogP contribution in [0, 0.1) is 11.7 Å². The quantitative estimate of drug-likeness (QED) is 0.770. The summed E-state index contributed by atoms with van der Waals surface area (Å²) in [6.45, 7) is 0. The molecule has 2 rings (SSSR count). The van der Waals surface area contributed by atoms with Crippen LogP contribution in [0.2, 0.25) is 0 Å². The highest BCUT2D eigenvalue weighted by Crippen LogP contribution is 2.35. The number of nitrogens with one attached hydrogen (secondary N) is 1. The Morgan fingerprint density at radius 3 is 2.64 bits per heavy atom. The normalized spacial score (nSPS) is 16.1. The van der Waals surface area contributed by atoms with E-state index in [1.807, 2.05) is 0 Å². The Morgan fingerprint density at radius 2 is 2.09 bits per heavy atom. The van der Waals surface area contributed by atoms with E-state index in [9.17, 15) is 17.6 Å². The maximum atomic E-state index is 13.8. The van der Waals surface area contributed by atoms with E-state index in [2.05, 4.69) is 9.46 Å². The van der Waals surface area contributed by atoms with Crippen LogP contribution in [-0.4, -0.2) is 40.5 Å². The van der Waals surface area contributed by atoms with Crippen LogP contribution in [0.4, 0.5) is 10.1 Å². The fourth-order valence-electron chi connectivity index (χ4n) is 2.21. The number of hydrogen-bond acceptors (Lipinski definition) is 5. The van der Waals surface area contributed by atoms with Gasteiger partial charge in [0.1, 0.15) is 11.4 Å². The number of halogens is 1. The lowest BCUT2D eigenvalue weighted by Gasteiger charge is -2.17. The SMILES string of the molecule is COC(=O)c1c(F)cccc1NS(=O)(=O)C[C@@H](OC)C1CC1. The number of rotatable bonds is 7. The number of benzene rings is 1. The van der Waals surface area contributed by atoms with Crippen LogP contribution in [0.25, 0.3) is 0 Å². The van der Waals surface area contributed by atoms with Gasteiger partial charge in [-0.3, -0.25) is 4.72 Å². The summed E-state index contributed by atoms with van der Waals surface area (Å²) in [5.74, 6) is -1.81. The van der Waals surface area contributed by atoms with E-state index in [1.54, 1.807) is 0 Å². The molecule has 1 aromatic rings. The lowest BCUT2D eigenvalue weighted by atomic mass is 10.2. The second-order valence-corrected chi connectivity index (χ2v) is 6.92. The summed E-state index contributed by atoms with van der Waals surface area (Å²) in [5, 5.41) is 0. The molecule has 8 heteroatoms. The third-order valence-corrected chi connectivity index (χ3v) is 4.80. The molecule has 1 aromatic carbocycles. The van der Waals surface area contributed by atoms with Gasteiger partial charge in [-0.1, -0.05) is 6.07 Å². The average Bonchev–Trinajstić information content (AvgIpc) is 3.28. The minimum Gasteiger partial charge on any atom is -0.465 e. The van der Waals surface area contributed by atoms with Gasteiger partial charge in [0.25, 0.3) is 0 Å². The molecule has 1 N–H and O–H groups in total. The summed E-state index contributed by atoms with van der Waals surface area (Å²) >= 11 is 0.